The lowest BCUT2D eigenvalue weighted by Crippen LogP contribution is -2.45. The maximum absolute atomic E-state index is 12.8. The molecule has 3 rings (SSSR count). The van der Waals surface area contributed by atoms with Crippen molar-refractivity contribution in [3.8, 4) is 0 Å². The smallest absolute Gasteiger partial charge is 0.373 e. The van der Waals surface area contributed by atoms with Crippen molar-refractivity contribution in [2.24, 2.45) is 0 Å². The molecule has 1 aliphatic heterocycles. The summed E-state index contributed by atoms with van der Waals surface area (Å²) in [6.45, 7) is 5.33. The number of ether oxygens (including phenoxy) is 1. The molecule has 1 saturated heterocycles. The van der Waals surface area contributed by atoms with Crippen molar-refractivity contribution in [3.05, 3.63) is 29.6 Å². The molecule has 10 heteroatoms. The average molecular weight is 342 g/mol. The van der Waals surface area contributed by atoms with Crippen molar-refractivity contribution < 1.29 is 17.9 Å². The zero-order valence-electron chi connectivity index (χ0n) is 13.3. The summed E-state index contributed by atoms with van der Waals surface area (Å²) in [5.74, 6) is 1.49. The van der Waals surface area contributed by atoms with Crippen molar-refractivity contribution in [1.29, 1.82) is 0 Å². The summed E-state index contributed by atoms with van der Waals surface area (Å²) in [4.78, 5) is 13.5. The molecule has 1 aliphatic rings. The zero-order valence-corrected chi connectivity index (χ0v) is 13.3. The SMILES string of the molecule is Cc1nc(C)n(C[C@@H]2CN(c3nccc(C(F)(F)F)n3)CCO2)n1. The van der Waals surface area contributed by atoms with Crippen LogP contribution in [0.25, 0.3) is 0 Å². The Kier molecular flexibility index (Phi) is 4.39. The minimum atomic E-state index is -4.49. The van der Waals surface area contributed by atoms with Crippen molar-refractivity contribution in [1.82, 2.24) is 24.7 Å². The molecule has 130 valence electrons. The Bertz CT molecular complexity index is 717. The highest BCUT2D eigenvalue weighted by molar-refractivity contribution is 5.31. The van der Waals surface area contributed by atoms with Gasteiger partial charge in [-0.2, -0.15) is 18.3 Å². The van der Waals surface area contributed by atoms with Gasteiger partial charge in [0.1, 0.15) is 17.3 Å². The number of halogens is 3. The molecule has 0 bridgehead atoms. The number of anilines is 1. The molecule has 24 heavy (non-hydrogen) atoms. The lowest BCUT2D eigenvalue weighted by atomic mass is 10.2. The van der Waals surface area contributed by atoms with Gasteiger partial charge in [0.25, 0.3) is 0 Å². The highest BCUT2D eigenvalue weighted by Gasteiger charge is 2.33. The van der Waals surface area contributed by atoms with E-state index in [2.05, 4.69) is 20.1 Å². The third-order valence-corrected chi connectivity index (χ3v) is 3.69. The van der Waals surface area contributed by atoms with E-state index in [4.69, 9.17) is 4.74 Å². The number of hydrogen-bond acceptors (Lipinski definition) is 6. The average Bonchev–Trinajstić information content (AvgIpc) is 2.84. The molecule has 3 heterocycles. The Labute approximate surface area is 136 Å². The standard InChI is InChI=1S/C14H17F3N6O/c1-9-19-10(2)23(21-9)8-11-7-22(5-6-24-11)13-18-4-3-12(20-13)14(15,16)17/h3-4,11H,5-8H2,1-2H3/t11-/m0/s1. The van der Waals surface area contributed by atoms with Crippen LogP contribution in [0.4, 0.5) is 19.1 Å². The van der Waals surface area contributed by atoms with Crippen LogP contribution in [-0.2, 0) is 17.5 Å². The molecular formula is C14H17F3N6O. The van der Waals surface area contributed by atoms with E-state index in [1.807, 2.05) is 6.92 Å². The summed E-state index contributed by atoms with van der Waals surface area (Å²) >= 11 is 0. The van der Waals surface area contributed by atoms with E-state index in [1.165, 1.54) is 0 Å². The molecule has 0 amide bonds. The second-order valence-electron chi connectivity index (χ2n) is 5.57. The van der Waals surface area contributed by atoms with Crippen LogP contribution in [0.2, 0.25) is 0 Å². The summed E-state index contributed by atoms with van der Waals surface area (Å²) in [7, 11) is 0. The fourth-order valence-corrected chi connectivity index (χ4v) is 2.60. The largest absolute Gasteiger partial charge is 0.433 e. The first-order valence-electron chi connectivity index (χ1n) is 7.48. The van der Waals surface area contributed by atoms with Crippen LogP contribution < -0.4 is 4.90 Å². The van der Waals surface area contributed by atoms with Crippen molar-refractivity contribution in [3.63, 3.8) is 0 Å². The van der Waals surface area contributed by atoms with E-state index in [9.17, 15) is 13.2 Å². The Morgan fingerprint density at radius 2 is 2.08 bits per heavy atom. The summed E-state index contributed by atoms with van der Waals surface area (Å²) in [6.07, 6.45) is -3.59. The number of hydrogen-bond donors (Lipinski definition) is 0. The fourth-order valence-electron chi connectivity index (χ4n) is 2.60. The van der Waals surface area contributed by atoms with Gasteiger partial charge in [-0.15, -0.1) is 0 Å². The van der Waals surface area contributed by atoms with Crippen LogP contribution in [0.5, 0.6) is 0 Å². The quantitative estimate of drug-likeness (QED) is 0.844. The summed E-state index contributed by atoms with van der Waals surface area (Å²) in [5, 5.41) is 4.28. The second kappa shape index (κ2) is 6.34. The monoisotopic (exact) mass is 342 g/mol. The van der Waals surface area contributed by atoms with Gasteiger partial charge in [-0.1, -0.05) is 0 Å². The van der Waals surface area contributed by atoms with Gasteiger partial charge in [-0.25, -0.2) is 19.6 Å². The van der Waals surface area contributed by atoms with Crippen LogP contribution in [0, 0.1) is 13.8 Å². The Balaban J connectivity index is 1.73. The van der Waals surface area contributed by atoms with Gasteiger partial charge in [0.15, 0.2) is 0 Å². The predicted molar refractivity (Wildman–Crippen MR) is 78.5 cm³/mol. The van der Waals surface area contributed by atoms with Gasteiger partial charge in [0.2, 0.25) is 5.95 Å². The number of nitrogens with zero attached hydrogens (tertiary/aromatic N) is 6. The topological polar surface area (TPSA) is 69.0 Å². The van der Waals surface area contributed by atoms with Crippen LogP contribution in [0.15, 0.2) is 12.3 Å². The molecule has 1 atom stereocenters. The van der Waals surface area contributed by atoms with Crippen molar-refractivity contribution in [2.75, 3.05) is 24.6 Å². The summed E-state index contributed by atoms with van der Waals surface area (Å²) in [5.41, 5.74) is -0.946. The molecule has 7 nitrogen and oxygen atoms in total. The number of rotatable bonds is 3. The van der Waals surface area contributed by atoms with E-state index in [0.717, 1.165) is 18.1 Å². The molecule has 0 unspecified atom stereocenters. The molecule has 0 aliphatic carbocycles. The maximum atomic E-state index is 12.8. The zero-order chi connectivity index (χ0) is 17.3. The third kappa shape index (κ3) is 3.64. The minimum Gasteiger partial charge on any atom is -0.373 e. The number of morpholine rings is 1. The normalized spacial score (nSPS) is 18.9. The van der Waals surface area contributed by atoms with E-state index >= 15 is 0 Å². The summed E-state index contributed by atoms with van der Waals surface area (Å²) < 4.78 is 45.8. The highest BCUT2D eigenvalue weighted by atomic mass is 19.4. The Morgan fingerprint density at radius 3 is 2.75 bits per heavy atom. The lowest BCUT2D eigenvalue weighted by Gasteiger charge is -2.33. The van der Waals surface area contributed by atoms with Crippen molar-refractivity contribution in [2.45, 2.75) is 32.7 Å². The Hall–Kier alpha value is -2.23. The van der Waals surface area contributed by atoms with Crippen LogP contribution in [0.3, 0.4) is 0 Å². The number of aryl methyl sites for hydroxylation is 2. The van der Waals surface area contributed by atoms with Gasteiger partial charge in [-0.3, -0.25) is 0 Å². The van der Waals surface area contributed by atoms with Gasteiger partial charge in [0.05, 0.1) is 19.3 Å². The fraction of sp³-hybridized carbons (Fsp3) is 0.571. The highest BCUT2D eigenvalue weighted by Crippen LogP contribution is 2.28. The van der Waals surface area contributed by atoms with E-state index in [1.54, 1.807) is 16.5 Å². The molecule has 2 aromatic heterocycles. The van der Waals surface area contributed by atoms with Gasteiger partial charge in [-0.05, 0) is 19.9 Å². The molecule has 1 fully saturated rings. The first kappa shape index (κ1) is 16.6. The molecule has 0 radical (unpaired) electrons. The minimum absolute atomic E-state index is 0.0598. The van der Waals surface area contributed by atoms with Crippen LogP contribution in [0.1, 0.15) is 17.3 Å². The number of alkyl halides is 3. The molecule has 0 N–H and O–H groups in total. The molecule has 0 spiro atoms. The van der Waals surface area contributed by atoms with Gasteiger partial charge in [0, 0.05) is 19.3 Å². The first-order valence-corrected chi connectivity index (χ1v) is 7.48. The van der Waals surface area contributed by atoms with Gasteiger partial charge < -0.3 is 9.64 Å². The predicted octanol–water partition coefficient (Wildman–Crippen LogP) is 1.61. The second-order valence-corrected chi connectivity index (χ2v) is 5.57. The van der Waals surface area contributed by atoms with E-state index < -0.39 is 11.9 Å². The van der Waals surface area contributed by atoms with Crippen molar-refractivity contribution >= 4 is 5.95 Å². The van der Waals surface area contributed by atoms with Gasteiger partial charge >= 0.3 is 6.18 Å². The molecule has 0 saturated carbocycles. The molecular weight excluding hydrogens is 325 g/mol. The van der Waals surface area contributed by atoms with Crippen LogP contribution >= 0.6 is 0 Å². The maximum Gasteiger partial charge on any atom is 0.433 e. The first-order chi connectivity index (χ1) is 11.3. The third-order valence-electron chi connectivity index (χ3n) is 3.69. The van der Waals surface area contributed by atoms with E-state index in [-0.39, 0.29) is 12.1 Å². The number of aromatic nitrogens is 5. The lowest BCUT2D eigenvalue weighted by molar-refractivity contribution is -0.141. The van der Waals surface area contributed by atoms with Crippen LogP contribution in [-0.4, -0.2) is 50.5 Å². The molecule has 0 aromatic carbocycles. The molecule has 2 aromatic rings. The van der Waals surface area contributed by atoms with E-state index in [0.29, 0.717) is 32.1 Å². The Morgan fingerprint density at radius 1 is 1.29 bits per heavy atom. The summed E-state index contributed by atoms with van der Waals surface area (Å²) in [6, 6.07) is 0.864.